The van der Waals surface area contributed by atoms with Gasteiger partial charge in [-0.2, -0.15) is 0 Å². The van der Waals surface area contributed by atoms with E-state index < -0.39 is 6.10 Å². The highest BCUT2D eigenvalue weighted by molar-refractivity contribution is 7.20. The molecule has 0 radical (unpaired) electrons. The van der Waals surface area contributed by atoms with Crippen LogP contribution in [0.15, 0.2) is 6.07 Å². The lowest BCUT2D eigenvalue weighted by atomic mass is 9.78. The van der Waals surface area contributed by atoms with Gasteiger partial charge in [0.15, 0.2) is 0 Å². The van der Waals surface area contributed by atoms with Crippen LogP contribution in [0, 0.1) is 11.8 Å². The number of halogens is 2. The minimum absolute atomic E-state index is 0.340. The molecule has 90 valence electrons. The maximum absolute atomic E-state index is 10.3. The minimum Gasteiger partial charge on any atom is -0.388 e. The Balaban J connectivity index is 2.11. The van der Waals surface area contributed by atoms with Gasteiger partial charge >= 0.3 is 0 Å². The highest BCUT2D eigenvalue weighted by atomic mass is 35.5. The summed E-state index contributed by atoms with van der Waals surface area (Å²) in [6.07, 6.45) is 4.22. The molecule has 0 bridgehead atoms. The fourth-order valence-corrected chi connectivity index (χ4v) is 4.11. The fraction of sp³-hybridized carbons (Fsp3) is 0.667. The zero-order chi connectivity index (χ0) is 11.7. The van der Waals surface area contributed by atoms with E-state index in [2.05, 4.69) is 6.92 Å². The van der Waals surface area contributed by atoms with Gasteiger partial charge in [0.25, 0.3) is 0 Å². The summed E-state index contributed by atoms with van der Waals surface area (Å²) in [5.74, 6) is 1.05. The summed E-state index contributed by atoms with van der Waals surface area (Å²) >= 11 is 13.3. The molecule has 0 aliphatic heterocycles. The molecule has 1 aromatic heterocycles. The summed E-state index contributed by atoms with van der Waals surface area (Å²) in [5.41, 5.74) is 0.816. The lowest BCUT2D eigenvalue weighted by Gasteiger charge is -2.30. The average Bonchev–Trinajstić information content (AvgIpc) is 2.57. The van der Waals surface area contributed by atoms with Crippen molar-refractivity contribution in [2.75, 3.05) is 0 Å². The second-order valence-electron chi connectivity index (χ2n) is 4.76. The maximum atomic E-state index is 10.3. The molecule has 2 rings (SSSR count). The summed E-state index contributed by atoms with van der Waals surface area (Å²) < 4.78 is 1.29. The molecule has 16 heavy (non-hydrogen) atoms. The Labute approximate surface area is 110 Å². The van der Waals surface area contributed by atoms with Gasteiger partial charge in [0, 0.05) is 5.56 Å². The number of aliphatic hydroxyl groups excluding tert-OH is 1. The lowest BCUT2D eigenvalue weighted by Crippen LogP contribution is -2.20. The number of hydrogen-bond acceptors (Lipinski definition) is 2. The van der Waals surface area contributed by atoms with E-state index in [0.29, 0.717) is 20.5 Å². The minimum atomic E-state index is -0.445. The SMILES string of the molecule is CC1CCCC(C(O)c2cc(Cl)sc2Cl)C1. The van der Waals surface area contributed by atoms with Crippen molar-refractivity contribution < 1.29 is 5.11 Å². The van der Waals surface area contributed by atoms with Crippen molar-refractivity contribution in [2.24, 2.45) is 11.8 Å². The molecule has 1 aromatic rings. The second kappa shape index (κ2) is 5.26. The van der Waals surface area contributed by atoms with Crippen LogP contribution in [0.5, 0.6) is 0 Å². The van der Waals surface area contributed by atoms with Crippen molar-refractivity contribution in [2.45, 2.75) is 38.7 Å². The predicted molar refractivity (Wildman–Crippen MR) is 70.4 cm³/mol. The van der Waals surface area contributed by atoms with E-state index in [4.69, 9.17) is 23.2 Å². The number of rotatable bonds is 2. The Morgan fingerprint density at radius 1 is 1.44 bits per heavy atom. The molecule has 1 saturated carbocycles. The lowest BCUT2D eigenvalue weighted by molar-refractivity contribution is 0.0718. The summed E-state index contributed by atoms with van der Waals surface area (Å²) in [6, 6.07) is 1.80. The molecule has 0 saturated heterocycles. The summed E-state index contributed by atoms with van der Waals surface area (Å²) in [7, 11) is 0. The summed E-state index contributed by atoms with van der Waals surface area (Å²) in [4.78, 5) is 0. The molecule has 4 heteroatoms. The van der Waals surface area contributed by atoms with Gasteiger partial charge in [-0.05, 0) is 30.7 Å². The number of thiophene rings is 1. The first kappa shape index (κ1) is 12.7. The van der Waals surface area contributed by atoms with E-state index in [0.717, 1.165) is 18.4 Å². The molecule has 0 amide bonds. The largest absolute Gasteiger partial charge is 0.388 e. The van der Waals surface area contributed by atoms with Crippen LogP contribution in [0.4, 0.5) is 0 Å². The highest BCUT2D eigenvalue weighted by Crippen LogP contribution is 2.42. The zero-order valence-corrected chi connectivity index (χ0v) is 11.6. The zero-order valence-electron chi connectivity index (χ0n) is 9.25. The van der Waals surface area contributed by atoms with E-state index in [9.17, 15) is 5.11 Å². The fourth-order valence-electron chi connectivity index (χ4n) is 2.58. The van der Waals surface area contributed by atoms with Crippen LogP contribution in [-0.4, -0.2) is 5.11 Å². The highest BCUT2D eigenvalue weighted by Gasteiger charge is 2.28. The van der Waals surface area contributed by atoms with Gasteiger partial charge in [0.2, 0.25) is 0 Å². The van der Waals surface area contributed by atoms with Crippen molar-refractivity contribution in [3.8, 4) is 0 Å². The second-order valence-corrected chi connectivity index (χ2v) is 7.04. The van der Waals surface area contributed by atoms with Crippen molar-refractivity contribution in [1.29, 1.82) is 0 Å². The van der Waals surface area contributed by atoms with E-state index in [-0.39, 0.29) is 0 Å². The molecule has 1 N–H and O–H groups in total. The number of hydrogen-bond donors (Lipinski definition) is 1. The van der Waals surface area contributed by atoms with Crippen molar-refractivity contribution in [3.63, 3.8) is 0 Å². The van der Waals surface area contributed by atoms with E-state index >= 15 is 0 Å². The normalized spacial score (nSPS) is 28.0. The van der Waals surface area contributed by atoms with E-state index in [1.54, 1.807) is 6.07 Å². The molecule has 1 aliphatic rings. The van der Waals surface area contributed by atoms with Crippen LogP contribution >= 0.6 is 34.5 Å². The first-order chi connectivity index (χ1) is 7.58. The third kappa shape index (κ3) is 2.73. The Bertz CT molecular complexity index is 364. The summed E-state index contributed by atoms with van der Waals surface area (Å²) in [6.45, 7) is 2.25. The van der Waals surface area contributed by atoms with Crippen molar-refractivity contribution in [1.82, 2.24) is 0 Å². The van der Waals surface area contributed by atoms with Crippen molar-refractivity contribution >= 4 is 34.5 Å². The Morgan fingerprint density at radius 2 is 2.19 bits per heavy atom. The van der Waals surface area contributed by atoms with Gasteiger partial charge in [-0.25, -0.2) is 0 Å². The molecule has 0 spiro atoms. The van der Waals surface area contributed by atoms with Gasteiger partial charge in [-0.1, -0.05) is 43.0 Å². The number of aliphatic hydroxyl groups is 1. The third-order valence-electron chi connectivity index (χ3n) is 3.43. The van der Waals surface area contributed by atoms with Gasteiger partial charge in [0.1, 0.15) is 4.34 Å². The average molecular weight is 279 g/mol. The van der Waals surface area contributed by atoms with Gasteiger partial charge < -0.3 is 5.11 Å². The maximum Gasteiger partial charge on any atom is 0.100 e. The van der Waals surface area contributed by atoms with Gasteiger partial charge in [-0.15, -0.1) is 11.3 Å². The van der Waals surface area contributed by atoms with Gasteiger partial charge in [-0.3, -0.25) is 0 Å². The molecular weight excluding hydrogens is 263 g/mol. The van der Waals surface area contributed by atoms with E-state index in [1.807, 2.05) is 0 Å². The standard InChI is InChI=1S/C12H16Cl2OS/c1-7-3-2-4-8(5-7)11(15)9-6-10(13)16-12(9)14/h6-8,11,15H,2-5H2,1H3. The summed E-state index contributed by atoms with van der Waals surface area (Å²) in [5, 5.41) is 10.3. The first-order valence-electron chi connectivity index (χ1n) is 5.70. The van der Waals surface area contributed by atoms with Gasteiger partial charge in [0.05, 0.1) is 10.4 Å². The van der Waals surface area contributed by atoms with Crippen molar-refractivity contribution in [3.05, 3.63) is 20.3 Å². The van der Waals surface area contributed by atoms with Crippen LogP contribution in [0.25, 0.3) is 0 Å². The Kier molecular flexibility index (Phi) is 4.17. The van der Waals surface area contributed by atoms with Crippen LogP contribution in [0.3, 0.4) is 0 Å². The molecule has 1 nitrogen and oxygen atoms in total. The molecule has 1 heterocycles. The molecular formula is C12H16Cl2OS. The molecule has 1 fully saturated rings. The molecule has 1 aliphatic carbocycles. The van der Waals surface area contributed by atoms with Crippen LogP contribution in [-0.2, 0) is 0 Å². The molecule has 0 aromatic carbocycles. The van der Waals surface area contributed by atoms with E-state index in [1.165, 1.54) is 24.2 Å². The van der Waals surface area contributed by atoms with Crippen LogP contribution < -0.4 is 0 Å². The van der Waals surface area contributed by atoms with Crippen LogP contribution in [0.2, 0.25) is 8.67 Å². The monoisotopic (exact) mass is 278 g/mol. The smallest absolute Gasteiger partial charge is 0.100 e. The topological polar surface area (TPSA) is 20.2 Å². The molecule has 3 atom stereocenters. The first-order valence-corrected chi connectivity index (χ1v) is 7.28. The van der Waals surface area contributed by atoms with Crippen LogP contribution in [0.1, 0.15) is 44.3 Å². The third-order valence-corrected chi connectivity index (χ3v) is 4.94. The Hall–Kier alpha value is 0.240. The molecule has 3 unspecified atom stereocenters. The Morgan fingerprint density at radius 3 is 2.75 bits per heavy atom. The predicted octanol–water partition coefficient (Wildman–Crippen LogP) is 4.91. The quantitative estimate of drug-likeness (QED) is 0.815.